The van der Waals surface area contributed by atoms with E-state index in [1.165, 1.54) is 19.3 Å². The lowest BCUT2D eigenvalue weighted by molar-refractivity contribution is 0.0696. The van der Waals surface area contributed by atoms with Crippen LogP contribution in [0.3, 0.4) is 0 Å². The summed E-state index contributed by atoms with van der Waals surface area (Å²) in [6, 6.07) is 3.78. The second-order valence-electron chi connectivity index (χ2n) is 5.99. The lowest BCUT2D eigenvalue weighted by Gasteiger charge is -2.32. The van der Waals surface area contributed by atoms with Gasteiger partial charge in [0.2, 0.25) is 0 Å². The van der Waals surface area contributed by atoms with Crippen LogP contribution in [0.15, 0.2) is 12.1 Å². The molecule has 1 fully saturated rings. The fraction of sp³-hybridized carbons (Fsp3) is 0.647. The Bertz CT molecular complexity index is 488. The normalized spacial score (nSPS) is 22.0. The molecule has 116 valence electrons. The molecule has 1 aromatic rings. The van der Waals surface area contributed by atoms with Crippen molar-refractivity contribution in [2.45, 2.75) is 64.8 Å². The molecule has 0 aliphatic heterocycles. The van der Waals surface area contributed by atoms with Gasteiger partial charge in [0.25, 0.3) is 0 Å². The summed E-state index contributed by atoms with van der Waals surface area (Å²) in [6.45, 7) is 4.31. The van der Waals surface area contributed by atoms with E-state index < -0.39 is 5.97 Å². The van der Waals surface area contributed by atoms with Crippen molar-refractivity contribution in [3.8, 4) is 0 Å². The summed E-state index contributed by atoms with van der Waals surface area (Å²) in [4.78, 5) is 15.9. The number of pyridine rings is 1. The zero-order valence-electron chi connectivity index (χ0n) is 13.1. The van der Waals surface area contributed by atoms with Crippen molar-refractivity contribution < 1.29 is 9.90 Å². The van der Waals surface area contributed by atoms with Gasteiger partial charge < -0.3 is 10.4 Å². The molecule has 1 aromatic heterocycles. The number of aryl methyl sites for hydroxylation is 1. The van der Waals surface area contributed by atoms with E-state index in [9.17, 15) is 9.90 Å². The number of aromatic carboxylic acids is 1. The van der Waals surface area contributed by atoms with Gasteiger partial charge in [0.1, 0.15) is 5.82 Å². The molecule has 1 aliphatic carbocycles. The predicted molar refractivity (Wildman–Crippen MR) is 84.9 cm³/mol. The highest BCUT2D eigenvalue weighted by atomic mass is 16.4. The number of carboxylic acid groups (broad SMARTS) is 1. The molecule has 0 bridgehead atoms. The topological polar surface area (TPSA) is 62.2 Å². The highest BCUT2D eigenvalue weighted by molar-refractivity contribution is 5.88. The second kappa shape index (κ2) is 7.43. The minimum atomic E-state index is -0.881. The molecule has 1 saturated carbocycles. The van der Waals surface area contributed by atoms with Crippen LogP contribution in [0.2, 0.25) is 0 Å². The first-order valence-corrected chi connectivity index (χ1v) is 8.14. The summed E-state index contributed by atoms with van der Waals surface area (Å²) < 4.78 is 0. The Morgan fingerprint density at radius 3 is 2.76 bits per heavy atom. The summed E-state index contributed by atoms with van der Waals surface area (Å²) in [5.41, 5.74) is 1.20. The van der Waals surface area contributed by atoms with Crippen LogP contribution in [0.4, 0.5) is 5.82 Å². The number of carbonyl (C=O) groups is 1. The monoisotopic (exact) mass is 290 g/mol. The van der Waals surface area contributed by atoms with Crippen LogP contribution in [-0.4, -0.2) is 22.1 Å². The Labute approximate surface area is 127 Å². The molecular formula is C17H26N2O2. The maximum atomic E-state index is 11.3. The van der Waals surface area contributed by atoms with Crippen molar-refractivity contribution in [1.29, 1.82) is 0 Å². The molecule has 2 N–H and O–H groups in total. The van der Waals surface area contributed by atoms with Gasteiger partial charge >= 0.3 is 5.97 Å². The molecule has 0 aromatic carbocycles. The maximum Gasteiger partial charge on any atom is 0.335 e. The molecule has 2 atom stereocenters. The third-order valence-corrected chi connectivity index (χ3v) is 4.40. The van der Waals surface area contributed by atoms with Crippen molar-refractivity contribution in [1.82, 2.24) is 4.98 Å². The van der Waals surface area contributed by atoms with E-state index in [2.05, 4.69) is 24.1 Å². The largest absolute Gasteiger partial charge is 0.478 e. The highest BCUT2D eigenvalue weighted by Gasteiger charge is 2.24. The minimum Gasteiger partial charge on any atom is -0.478 e. The average molecular weight is 290 g/mol. The third kappa shape index (κ3) is 4.19. The third-order valence-electron chi connectivity index (χ3n) is 4.40. The quantitative estimate of drug-likeness (QED) is 0.827. The Kier molecular flexibility index (Phi) is 5.59. The number of hydrogen-bond acceptors (Lipinski definition) is 3. The molecule has 0 amide bonds. The maximum absolute atomic E-state index is 11.3. The van der Waals surface area contributed by atoms with Gasteiger partial charge in [0.05, 0.1) is 5.56 Å². The van der Waals surface area contributed by atoms with Gasteiger partial charge in [-0.3, -0.25) is 0 Å². The molecule has 4 nitrogen and oxygen atoms in total. The number of carboxylic acids is 1. The van der Waals surface area contributed by atoms with Crippen molar-refractivity contribution in [2.24, 2.45) is 5.92 Å². The molecule has 0 radical (unpaired) electrons. The number of anilines is 1. The van der Waals surface area contributed by atoms with Gasteiger partial charge in [-0.15, -0.1) is 0 Å². The van der Waals surface area contributed by atoms with Crippen molar-refractivity contribution in [3.63, 3.8) is 0 Å². The standard InChI is InChI=1S/C17H26N2O2/c1-3-7-14-10-13(17(20)21)11-16(18-14)19-15-9-6-5-8-12(15)4-2/h10-12,15H,3-9H2,1-2H3,(H,18,19)(H,20,21). The van der Waals surface area contributed by atoms with E-state index in [4.69, 9.17) is 0 Å². The van der Waals surface area contributed by atoms with Crippen LogP contribution in [0.25, 0.3) is 0 Å². The zero-order chi connectivity index (χ0) is 15.2. The summed E-state index contributed by atoms with van der Waals surface area (Å²) in [5, 5.41) is 12.8. The van der Waals surface area contributed by atoms with Gasteiger partial charge in [0, 0.05) is 11.7 Å². The van der Waals surface area contributed by atoms with E-state index in [-0.39, 0.29) is 0 Å². The number of nitrogens with one attached hydrogen (secondary N) is 1. The Hall–Kier alpha value is -1.58. The van der Waals surface area contributed by atoms with Gasteiger partial charge in [-0.25, -0.2) is 9.78 Å². The predicted octanol–water partition coefficient (Wildman–Crippen LogP) is 4.11. The Morgan fingerprint density at radius 1 is 1.33 bits per heavy atom. The fourth-order valence-electron chi connectivity index (χ4n) is 3.25. The molecule has 0 saturated heterocycles. The second-order valence-corrected chi connectivity index (χ2v) is 5.99. The molecule has 0 spiro atoms. The molecule has 2 unspecified atom stereocenters. The Morgan fingerprint density at radius 2 is 2.10 bits per heavy atom. The van der Waals surface area contributed by atoms with Crippen molar-refractivity contribution in [2.75, 3.05) is 5.32 Å². The molecular weight excluding hydrogens is 264 g/mol. The van der Waals surface area contributed by atoms with Crippen LogP contribution in [-0.2, 0) is 6.42 Å². The van der Waals surface area contributed by atoms with E-state index in [0.29, 0.717) is 17.5 Å². The molecule has 2 rings (SSSR count). The van der Waals surface area contributed by atoms with Crippen LogP contribution in [0.5, 0.6) is 0 Å². The first-order valence-electron chi connectivity index (χ1n) is 8.14. The number of aromatic nitrogens is 1. The van der Waals surface area contributed by atoms with Crippen LogP contribution < -0.4 is 5.32 Å². The van der Waals surface area contributed by atoms with Crippen LogP contribution in [0.1, 0.15) is 68.4 Å². The average Bonchev–Trinajstić information content (AvgIpc) is 2.48. The first kappa shape index (κ1) is 15.8. The molecule has 1 heterocycles. The van der Waals surface area contributed by atoms with Gasteiger partial charge in [-0.1, -0.05) is 39.5 Å². The zero-order valence-corrected chi connectivity index (χ0v) is 13.1. The number of hydrogen-bond donors (Lipinski definition) is 2. The molecule has 1 aliphatic rings. The smallest absolute Gasteiger partial charge is 0.335 e. The van der Waals surface area contributed by atoms with Crippen molar-refractivity contribution in [3.05, 3.63) is 23.4 Å². The summed E-state index contributed by atoms with van der Waals surface area (Å²) in [7, 11) is 0. The lowest BCUT2D eigenvalue weighted by atomic mass is 9.83. The fourth-order valence-corrected chi connectivity index (χ4v) is 3.25. The summed E-state index contributed by atoms with van der Waals surface area (Å²) in [5.74, 6) is 0.515. The van der Waals surface area contributed by atoms with Gasteiger partial charge in [-0.05, 0) is 37.3 Å². The van der Waals surface area contributed by atoms with E-state index in [1.54, 1.807) is 12.1 Å². The number of nitrogens with zero attached hydrogens (tertiary/aromatic N) is 1. The molecule has 21 heavy (non-hydrogen) atoms. The summed E-state index contributed by atoms with van der Waals surface area (Å²) in [6.07, 6.45) is 7.91. The first-order chi connectivity index (χ1) is 10.1. The van der Waals surface area contributed by atoms with E-state index in [0.717, 1.165) is 37.2 Å². The minimum absolute atomic E-state index is 0.333. The molecule has 4 heteroatoms. The lowest BCUT2D eigenvalue weighted by Crippen LogP contribution is -2.32. The van der Waals surface area contributed by atoms with Crippen molar-refractivity contribution >= 4 is 11.8 Å². The van der Waals surface area contributed by atoms with E-state index >= 15 is 0 Å². The number of rotatable bonds is 6. The summed E-state index contributed by atoms with van der Waals surface area (Å²) >= 11 is 0. The SMILES string of the molecule is CCCc1cc(C(=O)O)cc(NC2CCCCC2CC)n1. The van der Waals surface area contributed by atoms with Gasteiger partial charge in [-0.2, -0.15) is 0 Å². The van der Waals surface area contributed by atoms with Crippen LogP contribution >= 0.6 is 0 Å². The highest BCUT2D eigenvalue weighted by Crippen LogP contribution is 2.29. The van der Waals surface area contributed by atoms with Crippen LogP contribution in [0, 0.1) is 5.92 Å². The Balaban J connectivity index is 2.19. The van der Waals surface area contributed by atoms with E-state index in [1.807, 2.05) is 0 Å². The van der Waals surface area contributed by atoms with Gasteiger partial charge in [0.15, 0.2) is 0 Å².